The molecular formula is C22H28N2O5. The third kappa shape index (κ3) is 7.81. The van der Waals surface area contributed by atoms with Gasteiger partial charge in [-0.2, -0.15) is 0 Å². The van der Waals surface area contributed by atoms with Crippen LogP contribution in [0.1, 0.15) is 43.6 Å². The zero-order valence-electron chi connectivity index (χ0n) is 17.3. The lowest BCUT2D eigenvalue weighted by Crippen LogP contribution is -2.43. The van der Waals surface area contributed by atoms with Crippen LogP contribution < -0.4 is 10.1 Å². The Morgan fingerprint density at radius 2 is 1.86 bits per heavy atom. The molecule has 0 saturated carbocycles. The number of rotatable bonds is 8. The van der Waals surface area contributed by atoms with E-state index in [9.17, 15) is 9.59 Å². The van der Waals surface area contributed by atoms with E-state index in [1.54, 1.807) is 33.8 Å². The highest BCUT2D eigenvalue weighted by Crippen LogP contribution is 2.18. The van der Waals surface area contributed by atoms with Gasteiger partial charge in [-0.1, -0.05) is 30.3 Å². The topological polar surface area (TPSA) is 86.8 Å². The van der Waals surface area contributed by atoms with Crippen molar-refractivity contribution in [3.05, 3.63) is 59.9 Å². The van der Waals surface area contributed by atoms with Crippen molar-refractivity contribution in [1.82, 2.24) is 10.3 Å². The first-order valence-corrected chi connectivity index (χ1v) is 9.56. The minimum absolute atomic E-state index is 0.143. The van der Waals surface area contributed by atoms with E-state index in [4.69, 9.17) is 14.2 Å². The summed E-state index contributed by atoms with van der Waals surface area (Å²) in [5, 5.41) is 2.85. The fraction of sp³-hybridized carbons (Fsp3) is 0.409. The molecule has 0 aliphatic heterocycles. The van der Waals surface area contributed by atoms with Gasteiger partial charge in [0.05, 0.1) is 12.6 Å². The van der Waals surface area contributed by atoms with Crippen LogP contribution in [0.25, 0.3) is 0 Å². The summed E-state index contributed by atoms with van der Waals surface area (Å²) in [6, 6.07) is 11.0. The van der Waals surface area contributed by atoms with Gasteiger partial charge < -0.3 is 19.5 Å². The fourth-order valence-electron chi connectivity index (χ4n) is 2.58. The number of hydrogen-bond acceptors (Lipinski definition) is 6. The number of aromatic nitrogens is 1. The molecule has 0 bridgehead atoms. The second-order valence-corrected chi connectivity index (χ2v) is 7.44. The highest BCUT2D eigenvalue weighted by atomic mass is 16.6. The number of carbonyl (C=O) groups is 2. The lowest BCUT2D eigenvalue weighted by molar-refractivity contribution is 0.0476. The van der Waals surface area contributed by atoms with Crippen molar-refractivity contribution >= 4 is 12.1 Å². The number of hydrogen-bond donors (Lipinski definition) is 1. The SMILES string of the molecule is CCOC(=O)c1cnccc1OC[C@@H](Cc1ccccc1)NC(=O)OC(C)(C)C. The average Bonchev–Trinajstić information content (AvgIpc) is 2.66. The van der Waals surface area contributed by atoms with Crippen molar-refractivity contribution in [2.24, 2.45) is 0 Å². The highest BCUT2D eigenvalue weighted by Gasteiger charge is 2.21. The number of nitrogens with one attached hydrogen (secondary N) is 1. The molecule has 1 aromatic carbocycles. The molecule has 1 heterocycles. The van der Waals surface area contributed by atoms with Gasteiger partial charge in [0.15, 0.2) is 0 Å². The normalized spacial score (nSPS) is 12.0. The smallest absolute Gasteiger partial charge is 0.408 e. The molecule has 2 aromatic rings. The number of carbonyl (C=O) groups excluding carboxylic acids is 2. The van der Waals surface area contributed by atoms with Crippen molar-refractivity contribution < 1.29 is 23.8 Å². The Morgan fingerprint density at radius 1 is 1.14 bits per heavy atom. The molecule has 0 radical (unpaired) electrons. The van der Waals surface area contributed by atoms with Crippen LogP contribution in [0.3, 0.4) is 0 Å². The van der Waals surface area contributed by atoms with Crippen molar-refractivity contribution in [1.29, 1.82) is 0 Å². The molecule has 0 unspecified atom stereocenters. The molecule has 0 fully saturated rings. The van der Waals surface area contributed by atoms with Crippen LogP contribution in [0.4, 0.5) is 4.79 Å². The molecule has 1 amide bonds. The molecule has 1 aromatic heterocycles. The molecule has 7 heteroatoms. The summed E-state index contributed by atoms with van der Waals surface area (Å²) in [4.78, 5) is 28.3. The second kappa shape index (κ2) is 10.5. The van der Waals surface area contributed by atoms with E-state index in [0.717, 1.165) is 5.56 Å². The first-order chi connectivity index (χ1) is 13.8. The van der Waals surface area contributed by atoms with Gasteiger partial charge in [0, 0.05) is 12.4 Å². The quantitative estimate of drug-likeness (QED) is 0.679. The van der Waals surface area contributed by atoms with Crippen LogP contribution in [0.5, 0.6) is 5.75 Å². The number of ether oxygens (including phenoxy) is 3. The molecule has 0 aliphatic rings. The molecular weight excluding hydrogens is 372 g/mol. The molecule has 7 nitrogen and oxygen atoms in total. The lowest BCUT2D eigenvalue weighted by Gasteiger charge is -2.24. The van der Waals surface area contributed by atoms with Crippen molar-refractivity contribution in [3.63, 3.8) is 0 Å². The van der Waals surface area contributed by atoms with Crippen LogP contribution in [0.2, 0.25) is 0 Å². The Kier molecular flexibility index (Phi) is 8.00. The van der Waals surface area contributed by atoms with E-state index < -0.39 is 17.7 Å². The maximum absolute atomic E-state index is 12.3. The number of nitrogens with zero attached hydrogens (tertiary/aromatic N) is 1. The number of alkyl carbamates (subject to hydrolysis) is 1. The molecule has 2 rings (SSSR count). The minimum Gasteiger partial charge on any atom is -0.490 e. The van der Waals surface area contributed by atoms with Crippen molar-refractivity contribution in [2.45, 2.75) is 45.8 Å². The van der Waals surface area contributed by atoms with E-state index in [0.29, 0.717) is 12.2 Å². The number of esters is 1. The number of pyridine rings is 1. The highest BCUT2D eigenvalue weighted by molar-refractivity contribution is 5.92. The van der Waals surface area contributed by atoms with Gasteiger partial charge in [0.1, 0.15) is 23.5 Å². The fourth-order valence-corrected chi connectivity index (χ4v) is 2.58. The zero-order valence-corrected chi connectivity index (χ0v) is 17.3. The number of benzene rings is 1. The summed E-state index contributed by atoms with van der Waals surface area (Å²) in [6.45, 7) is 7.54. The van der Waals surface area contributed by atoms with Crippen LogP contribution in [0, 0.1) is 0 Å². The zero-order chi connectivity index (χ0) is 21.3. The molecule has 0 spiro atoms. The summed E-state index contributed by atoms with van der Waals surface area (Å²) >= 11 is 0. The molecule has 1 atom stereocenters. The monoisotopic (exact) mass is 400 g/mol. The summed E-state index contributed by atoms with van der Waals surface area (Å²) in [5.74, 6) is -0.155. The Morgan fingerprint density at radius 3 is 2.52 bits per heavy atom. The minimum atomic E-state index is -0.607. The molecule has 1 N–H and O–H groups in total. The summed E-state index contributed by atoms with van der Waals surface area (Å²) in [7, 11) is 0. The third-order valence-electron chi connectivity index (χ3n) is 3.76. The molecule has 0 aliphatic carbocycles. The van der Waals surface area contributed by atoms with E-state index >= 15 is 0 Å². The Balaban J connectivity index is 2.11. The Bertz CT molecular complexity index is 802. The second-order valence-electron chi connectivity index (χ2n) is 7.44. The van der Waals surface area contributed by atoms with Crippen molar-refractivity contribution in [3.8, 4) is 5.75 Å². The van der Waals surface area contributed by atoms with Gasteiger partial charge in [-0.05, 0) is 45.7 Å². The van der Waals surface area contributed by atoms with Crippen molar-refractivity contribution in [2.75, 3.05) is 13.2 Å². The molecule has 29 heavy (non-hydrogen) atoms. The van der Waals surface area contributed by atoms with E-state index in [2.05, 4.69) is 10.3 Å². The van der Waals surface area contributed by atoms with E-state index in [1.807, 2.05) is 30.3 Å². The Labute approximate surface area is 171 Å². The van der Waals surface area contributed by atoms with Gasteiger partial charge in [0.2, 0.25) is 0 Å². The van der Waals surface area contributed by atoms with Crippen LogP contribution in [0.15, 0.2) is 48.8 Å². The van der Waals surface area contributed by atoms with Crippen LogP contribution >= 0.6 is 0 Å². The lowest BCUT2D eigenvalue weighted by atomic mass is 10.1. The van der Waals surface area contributed by atoms with E-state index in [-0.39, 0.29) is 24.8 Å². The van der Waals surface area contributed by atoms with Gasteiger partial charge in [-0.15, -0.1) is 0 Å². The standard InChI is InChI=1S/C22H28N2O5/c1-5-27-20(25)18-14-23-12-11-19(18)28-15-17(13-16-9-7-6-8-10-16)24-21(26)29-22(2,3)4/h6-12,14,17H,5,13,15H2,1-4H3,(H,24,26)/t17-/m1/s1. The third-order valence-corrected chi connectivity index (χ3v) is 3.76. The largest absolute Gasteiger partial charge is 0.490 e. The summed E-state index contributed by atoms with van der Waals surface area (Å²) in [6.07, 6.45) is 2.95. The maximum atomic E-state index is 12.3. The number of amides is 1. The van der Waals surface area contributed by atoms with Crippen LogP contribution in [-0.4, -0.2) is 41.9 Å². The van der Waals surface area contributed by atoms with E-state index in [1.165, 1.54) is 12.4 Å². The van der Waals surface area contributed by atoms with Crippen LogP contribution in [-0.2, 0) is 15.9 Å². The average molecular weight is 400 g/mol. The van der Waals surface area contributed by atoms with Gasteiger partial charge in [0.25, 0.3) is 0 Å². The predicted molar refractivity (Wildman–Crippen MR) is 109 cm³/mol. The van der Waals surface area contributed by atoms with Gasteiger partial charge >= 0.3 is 12.1 Å². The maximum Gasteiger partial charge on any atom is 0.408 e. The Hall–Kier alpha value is -3.09. The summed E-state index contributed by atoms with van der Waals surface area (Å²) in [5.41, 5.74) is 0.673. The first-order valence-electron chi connectivity index (χ1n) is 9.56. The molecule has 0 saturated heterocycles. The molecule has 156 valence electrons. The van der Waals surface area contributed by atoms with Gasteiger partial charge in [-0.25, -0.2) is 9.59 Å². The predicted octanol–water partition coefficient (Wildman–Crippen LogP) is 3.77. The summed E-state index contributed by atoms with van der Waals surface area (Å²) < 4.78 is 16.3. The first kappa shape index (κ1) is 22.2. The van der Waals surface area contributed by atoms with Gasteiger partial charge in [-0.3, -0.25) is 4.98 Å².